The Morgan fingerprint density at radius 2 is 2.00 bits per heavy atom. The summed E-state index contributed by atoms with van der Waals surface area (Å²) in [6.45, 7) is 1.85. The molecule has 1 aromatic rings. The Morgan fingerprint density at radius 3 is 2.58 bits per heavy atom. The Morgan fingerprint density at radius 1 is 1.26 bits per heavy atom. The van der Waals surface area contributed by atoms with Gasteiger partial charge in [0, 0.05) is 17.5 Å². The zero-order chi connectivity index (χ0) is 13.6. The van der Waals surface area contributed by atoms with Crippen molar-refractivity contribution in [3.63, 3.8) is 0 Å². The van der Waals surface area contributed by atoms with E-state index in [2.05, 4.69) is 15.3 Å². The van der Waals surface area contributed by atoms with Gasteiger partial charge < -0.3 is 5.32 Å². The molecule has 5 nitrogen and oxygen atoms in total. The van der Waals surface area contributed by atoms with Crippen LogP contribution in [0.25, 0.3) is 0 Å². The molecule has 1 atom stereocenters. The molecular formula is C12H16ClN3O2S. The molecule has 1 N–H and O–H groups in total. The molecule has 1 aromatic heterocycles. The summed E-state index contributed by atoms with van der Waals surface area (Å²) in [6.07, 6.45) is 2.84. The van der Waals surface area contributed by atoms with E-state index in [-0.39, 0.29) is 17.5 Å². The first-order valence-corrected chi connectivity index (χ1v) is 8.65. The highest BCUT2D eigenvalue weighted by molar-refractivity contribution is 7.91. The molecule has 104 valence electrons. The molecule has 2 heterocycles. The first-order chi connectivity index (χ1) is 8.94. The van der Waals surface area contributed by atoms with Crippen LogP contribution in [0, 0.1) is 6.92 Å². The van der Waals surface area contributed by atoms with Crippen LogP contribution in [-0.2, 0) is 9.84 Å². The van der Waals surface area contributed by atoms with Gasteiger partial charge in [-0.3, -0.25) is 0 Å². The lowest BCUT2D eigenvalue weighted by Gasteiger charge is -2.15. The van der Waals surface area contributed by atoms with Gasteiger partial charge in [0.2, 0.25) is 0 Å². The third-order valence-electron chi connectivity index (χ3n) is 3.62. The van der Waals surface area contributed by atoms with Crippen molar-refractivity contribution in [3.8, 4) is 0 Å². The lowest BCUT2D eigenvalue weighted by atomic mass is 10.2. The maximum Gasteiger partial charge on any atom is 0.152 e. The van der Waals surface area contributed by atoms with Gasteiger partial charge in [-0.05, 0) is 26.2 Å². The van der Waals surface area contributed by atoms with Gasteiger partial charge in [0.1, 0.15) is 16.8 Å². The molecular weight excluding hydrogens is 286 g/mol. The average molecular weight is 302 g/mol. The molecule has 1 saturated carbocycles. The number of aromatic nitrogens is 2. The van der Waals surface area contributed by atoms with Crippen molar-refractivity contribution in [1.29, 1.82) is 0 Å². The Hall–Kier alpha value is -0.880. The van der Waals surface area contributed by atoms with Gasteiger partial charge in [0.25, 0.3) is 0 Å². The van der Waals surface area contributed by atoms with Crippen LogP contribution >= 0.6 is 11.6 Å². The second kappa shape index (κ2) is 4.59. The normalized spacial score (nSPS) is 25.5. The van der Waals surface area contributed by atoms with Crippen molar-refractivity contribution >= 4 is 27.3 Å². The summed E-state index contributed by atoms with van der Waals surface area (Å²) < 4.78 is 22.9. The molecule has 7 heteroatoms. The van der Waals surface area contributed by atoms with E-state index in [1.807, 2.05) is 6.92 Å². The van der Waals surface area contributed by atoms with Crippen molar-refractivity contribution in [2.45, 2.75) is 38.1 Å². The Balaban J connectivity index is 1.84. The van der Waals surface area contributed by atoms with Crippen LogP contribution < -0.4 is 5.32 Å². The Labute approximate surface area is 117 Å². The fourth-order valence-corrected chi connectivity index (χ4v) is 4.12. The zero-order valence-electron chi connectivity index (χ0n) is 10.7. The predicted molar refractivity (Wildman–Crippen MR) is 74.4 cm³/mol. The first-order valence-electron chi connectivity index (χ1n) is 6.45. The number of nitrogens with one attached hydrogen (secondary N) is 1. The second-order valence-corrected chi connectivity index (χ2v) is 7.95. The van der Waals surface area contributed by atoms with E-state index in [1.165, 1.54) is 0 Å². The van der Waals surface area contributed by atoms with Crippen molar-refractivity contribution in [2.24, 2.45) is 0 Å². The number of hydrogen-bond acceptors (Lipinski definition) is 5. The van der Waals surface area contributed by atoms with Crippen LogP contribution in [0.2, 0.25) is 5.15 Å². The SMILES string of the molecule is Cc1c(Cl)nc(C2CC2)nc1NC1CCS(=O)(=O)C1. The largest absolute Gasteiger partial charge is 0.366 e. The Kier molecular flexibility index (Phi) is 3.17. The molecule has 1 saturated heterocycles. The molecule has 3 rings (SSSR count). The molecule has 19 heavy (non-hydrogen) atoms. The Bertz CT molecular complexity index is 614. The fraction of sp³-hybridized carbons (Fsp3) is 0.667. The lowest BCUT2D eigenvalue weighted by Crippen LogP contribution is -2.22. The molecule has 0 spiro atoms. The topological polar surface area (TPSA) is 72.0 Å². The highest BCUT2D eigenvalue weighted by atomic mass is 35.5. The minimum Gasteiger partial charge on any atom is -0.366 e. The molecule has 1 aliphatic heterocycles. The van der Waals surface area contributed by atoms with E-state index in [0.717, 1.165) is 24.2 Å². The first kappa shape index (κ1) is 13.1. The van der Waals surface area contributed by atoms with Gasteiger partial charge in [-0.2, -0.15) is 0 Å². The van der Waals surface area contributed by atoms with Gasteiger partial charge in [-0.25, -0.2) is 18.4 Å². The molecule has 2 fully saturated rings. The minimum absolute atomic E-state index is 0.0679. The molecule has 0 bridgehead atoms. The highest BCUT2D eigenvalue weighted by Gasteiger charge is 2.31. The van der Waals surface area contributed by atoms with Gasteiger partial charge >= 0.3 is 0 Å². The van der Waals surface area contributed by atoms with Crippen LogP contribution in [0.4, 0.5) is 5.82 Å². The van der Waals surface area contributed by atoms with E-state index in [4.69, 9.17) is 11.6 Å². The quantitative estimate of drug-likeness (QED) is 0.864. The van der Waals surface area contributed by atoms with Crippen LogP contribution in [0.5, 0.6) is 0 Å². The summed E-state index contributed by atoms with van der Waals surface area (Å²) in [4.78, 5) is 8.80. The molecule has 0 radical (unpaired) electrons. The van der Waals surface area contributed by atoms with Crippen LogP contribution in [0.1, 0.15) is 36.6 Å². The number of halogens is 1. The second-order valence-electron chi connectivity index (χ2n) is 5.36. The number of nitrogens with zero attached hydrogens (tertiary/aromatic N) is 2. The molecule has 1 aliphatic carbocycles. The predicted octanol–water partition coefficient (Wildman–Crippen LogP) is 1.91. The van der Waals surface area contributed by atoms with E-state index < -0.39 is 9.84 Å². The minimum atomic E-state index is -2.89. The zero-order valence-corrected chi connectivity index (χ0v) is 12.3. The van der Waals surface area contributed by atoms with E-state index in [1.54, 1.807) is 0 Å². The average Bonchev–Trinajstić information content (AvgIpc) is 3.11. The monoisotopic (exact) mass is 301 g/mol. The van der Waals surface area contributed by atoms with Crippen molar-refractivity contribution in [1.82, 2.24) is 9.97 Å². The van der Waals surface area contributed by atoms with Crippen molar-refractivity contribution < 1.29 is 8.42 Å². The van der Waals surface area contributed by atoms with Gasteiger partial charge in [0.05, 0.1) is 11.5 Å². The summed E-state index contributed by atoms with van der Waals surface area (Å²) >= 11 is 6.12. The fourth-order valence-electron chi connectivity index (χ4n) is 2.27. The van der Waals surface area contributed by atoms with Crippen LogP contribution in [0.15, 0.2) is 0 Å². The number of anilines is 1. The highest BCUT2D eigenvalue weighted by Crippen LogP contribution is 2.39. The summed E-state index contributed by atoms with van der Waals surface area (Å²) in [7, 11) is -2.89. The maximum absolute atomic E-state index is 11.5. The van der Waals surface area contributed by atoms with Crippen molar-refractivity contribution in [2.75, 3.05) is 16.8 Å². The van der Waals surface area contributed by atoms with E-state index in [9.17, 15) is 8.42 Å². The summed E-state index contributed by atoms with van der Waals surface area (Å²) in [5.41, 5.74) is 0.787. The van der Waals surface area contributed by atoms with Gasteiger partial charge in [0.15, 0.2) is 9.84 Å². The van der Waals surface area contributed by atoms with Gasteiger partial charge in [-0.1, -0.05) is 11.6 Å². The number of rotatable bonds is 3. The third-order valence-corrected chi connectivity index (χ3v) is 5.76. The van der Waals surface area contributed by atoms with E-state index >= 15 is 0 Å². The molecule has 2 aliphatic rings. The lowest BCUT2D eigenvalue weighted by molar-refractivity contribution is 0.602. The third kappa shape index (κ3) is 2.84. The number of hydrogen-bond donors (Lipinski definition) is 1. The van der Waals surface area contributed by atoms with Gasteiger partial charge in [-0.15, -0.1) is 0 Å². The molecule has 0 aromatic carbocycles. The standard InChI is InChI=1S/C12H16ClN3O2S/c1-7-10(13)15-12(8-2-3-8)16-11(7)14-9-4-5-19(17,18)6-9/h8-9H,2-6H2,1H3,(H,14,15,16). The molecule has 1 unspecified atom stereocenters. The number of sulfone groups is 1. The summed E-state index contributed by atoms with van der Waals surface area (Å²) in [5, 5.41) is 3.67. The van der Waals surface area contributed by atoms with Crippen LogP contribution in [0.3, 0.4) is 0 Å². The summed E-state index contributed by atoms with van der Waals surface area (Å²) in [6, 6.07) is -0.0679. The summed E-state index contributed by atoms with van der Waals surface area (Å²) in [5.74, 6) is 2.30. The smallest absolute Gasteiger partial charge is 0.152 e. The van der Waals surface area contributed by atoms with Crippen molar-refractivity contribution in [3.05, 3.63) is 16.5 Å². The maximum atomic E-state index is 11.5. The van der Waals surface area contributed by atoms with Crippen LogP contribution in [-0.4, -0.2) is 35.9 Å². The van der Waals surface area contributed by atoms with E-state index in [0.29, 0.717) is 23.3 Å². The molecule has 0 amide bonds.